The lowest BCUT2D eigenvalue weighted by molar-refractivity contribution is -0.195. The van der Waals surface area contributed by atoms with Crippen molar-refractivity contribution in [3.8, 4) is 0 Å². The highest BCUT2D eigenvalue weighted by Crippen LogP contribution is 2.52. The van der Waals surface area contributed by atoms with Crippen LogP contribution in [0.4, 0.5) is 45.6 Å². The van der Waals surface area contributed by atoms with Crippen molar-refractivity contribution in [2.45, 2.75) is 82.4 Å². The normalized spacial score (nSPS) is 26.2. The molecule has 0 unspecified atom stereocenters. The maximum atomic E-state index is 15.0. The Kier molecular flexibility index (Phi) is 6.92. The first-order valence-electron chi connectivity index (χ1n) is 14.1. The summed E-state index contributed by atoms with van der Waals surface area (Å²) in [6.07, 6.45) is -11.1. The van der Waals surface area contributed by atoms with Gasteiger partial charge in [-0.15, -0.1) is 11.3 Å². The lowest BCUT2D eigenvalue weighted by Crippen LogP contribution is -2.76. The molecule has 1 aliphatic carbocycles. The van der Waals surface area contributed by atoms with E-state index in [0.29, 0.717) is 24.0 Å². The van der Waals surface area contributed by atoms with Crippen molar-refractivity contribution in [3.05, 3.63) is 22.7 Å². The van der Waals surface area contributed by atoms with Crippen LogP contribution < -0.4 is 4.90 Å². The van der Waals surface area contributed by atoms with E-state index in [0.717, 1.165) is 11.0 Å². The van der Waals surface area contributed by atoms with Gasteiger partial charge in [0.2, 0.25) is 5.91 Å². The Morgan fingerprint density at radius 2 is 1.70 bits per heavy atom. The average Bonchev–Trinajstić information content (AvgIpc) is 3.20. The van der Waals surface area contributed by atoms with Gasteiger partial charge in [-0.25, -0.2) is 18.6 Å². The summed E-state index contributed by atoms with van der Waals surface area (Å²) in [5.74, 6) is -5.18. The number of carbonyl (C=O) groups is 2. The quantitative estimate of drug-likeness (QED) is 0.354. The third-order valence-corrected chi connectivity index (χ3v) is 9.83. The maximum Gasteiger partial charge on any atom is 0.419 e. The van der Waals surface area contributed by atoms with E-state index in [1.807, 2.05) is 0 Å². The number of pyridine rings is 1. The molecule has 44 heavy (non-hydrogen) atoms. The molecule has 5 fully saturated rings. The standard InChI is InChI=1S/C28H30F8N4O3S/c1-24(2,3)43-23(42)40-14-4-5-17(26(29,30)7-14)20(40)22(41)39-12-25(13-39)10-38(11-25)19-16-6-15(8-27(31,32)33)44-21(16)37-9-18(19)28(34,35)36/h6,9,14,17,20H,4-5,7-8,10-13H2,1-3H3/t14-,17-,20+/m0/s1. The van der Waals surface area contributed by atoms with Gasteiger partial charge in [-0.1, -0.05) is 0 Å². The molecule has 3 atom stereocenters. The van der Waals surface area contributed by atoms with Gasteiger partial charge in [0.1, 0.15) is 16.5 Å². The zero-order chi connectivity index (χ0) is 32.2. The zero-order valence-electron chi connectivity index (χ0n) is 24.0. The highest BCUT2D eigenvalue weighted by Gasteiger charge is 2.64. The number of amides is 2. The summed E-state index contributed by atoms with van der Waals surface area (Å²) < 4.78 is 116. The molecule has 0 N–H and O–H groups in total. The Bertz CT molecular complexity index is 1490. The van der Waals surface area contributed by atoms with Gasteiger partial charge in [0.15, 0.2) is 0 Å². The second-order valence-corrected chi connectivity index (χ2v) is 14.5. The van der Waals surface area contributed by atoms with Gasteiger partial charge in [-0.2, -0.15) is 26.3 Å². The molecule has 2 aromatic heterocycles. The summed E-state index contributed by atoms with van der Waals surface area (Å²) in [6, 6.07) is -1.19. The summed E-state index contributed by atoms with van der Waals surface area (Å²) >= 11 is 0.679. The molecule has 1 spiro atoms. The van der Waals surface area contributed by atoms with Gasteiger partial charge < -0.3 is 14.5 Å². The van der Waals surface area contributed by atoms with Gasteiger partial charge in [0.05, 0.1) is 23.6 Å². The molecular formula is C28H30F8N4O3S. The maximum absolute atomic E-state index is 15.0. The van der Waals surface area contributed by atoms with Gasteiger partial charge in [0, 0.05) is 60.5 Å². The van der Waals surface area contributed by atoms with Gasteiger partial charge in [0.25, 0.3) is 5.92 Å². The SMILES string of the molecule is CC(C)(C)OC(=O)N1[C@H]2CC[C@@H]([C@@H]1C(=O)N1CC3(C1)CN(c1c(C(F)(F)F)cnc4sc(CC(F)(F)F)cc14)C3)C(F)(F)C2. The molecule has 5 aliphatic rings. The minimum absolute atomic E-state index is 0.0281. The lowest BCUT2D eigenvalue weighted by atomic mass is 9.69. The first-order valence-corrected chi connectivity index (χ1v) is 15.0. The number of rotatable bonds is 3. The van der Waals surface area contributed by atoms with E-state index in [2.05, 4.69) is 4.98 Å². The van der Waals surface area contributed by atoms with E-state index in [1.165, 1.54) is 9.80 Å². The average molecular weight is 655 g/mol. The number of nitrogens with zero attached hydrogens (tertiary/aromatic N) is 4. The molecule has 2 bridgehead atoms. The summed E-state index contributed by atoms with van der Waals surface area (Å²) in [7, 11) is 0. The fraction of sp³-hybridized carbons (Fsp3) is 0.679. The largest absolute Gasteiger partial charge is 0.444 e. The number of alkyl halides is 8. The summed E-state index contributed by atoms with van der Waals surface area (Å²) in [6.45, 7) is 5.22. The molecule has 0 radical (unpaired) electrons. The summed E-state index contributed by atoms with van der Waals surface area (Å²) in [5.41, 5.74) is -2.87. The van der Waals surface area contributed by atoms with Crippen molar-refractivity contribution in [1.29, 1.82) is 0 Å². The van der Waals surface area contributed by atoms with Crippen LogP contribution in [0.15, 0.2) is 12.3 Å². The fourth-order valence-corrected chi connectivity index (χ4v) is 8.19. The van der Waals surface area contributed by atoms with Crippen LogP contribution in [-0.4, -0.2) is 82.7 Å². The Morgan fingerprint density at radius 1 is 1.05 bits per heavy atom. The Labute approximate surface area is 251 Å². The molecule has 7 rings (SSSR count). The van der Waals surface area contributed by atoms with Crippen molar-refractivity contribution in [1.82, 2.24) is 14.8 Å². The van der Waals surface area contributed by atoms with E-state index >= 15 is 0 Å². The number of halogens is 8. The summed E-state index contributed by atoms with van der Waals surface area (Å²) in [5, 5.41) is -0.0281. The molecular weight excluding hydrogens is 624 g/mol. The van der Waals surface area contributed by atoms with Gasteiger partial charge >= 0.3 is 18.4 Å². The lowest BCUT2D eigenvalue weighted by Gasteiger charge is -2.62. The first kappa shape index (κ1) is 31.1. The smallest absolute Gasteiger partial charge is 0.419 e. The monoisotopic (exact) mass is 654 g/mol. The predicted molar refractivity (Wildman–Crippen MR) is 144 cm³/mol. The number of anilines is 1. The molecule has 6 heterocycles. The minimum atomic E-state index is -4.82. The van der Waals surface area contributed by atoms with Crippen molar-refractivity contribution >= 4 is 39.2 Å². The van der Waals surface area contributed by atoms with Crippen LogP contribution in [0.2, 0.25) is 0 Å². The Morgan fingerprint density at radius 3 is 2.27 bits per heavy atom. The van der Waals surface area contributed by atoms with Crippen LogP contribution in [0.5, 0.6) is 0 Å². The van der Waals surface area contributed by atoms with Crippen LogP contribution in [0.3, 0.4) is 0 Å². The van der Waals surface area contributed by atoms with E-state index in [9.17, 15) is 44.7 Å². The third-order valence-electron chi connectivity index (χ3n) is 8.79. The number of ether oxygens (including phenoxy) is 1. The number of carbonyl (C=O) groups excluding carboxylic acids is 2. The van der Waals surface area contributed by atoms with Crippen LogP contribution in [0.1, 0.15) is 50.5 Å². The van der Waals surface area contributed by atoms with Crippen LogP contribution in [0, 0.1) is 11.3 Å². The van der Waals surface area contributed by atoms with Crippen LogP contribution in [0.25, 0.3) is 10.2 Å². The van der Waals surface area contributed by atoms with E-state index in [-0.39, 0.29) is 53.4 Å². The molecule has 7 nitrogen and oxygen atoms in total. The molecule has 4 aliphatic heterocycles. The number of fused-ring (bicyclic) bond motifs is 4. The molecule has 4 saturated heterocycles. The molecule has 2 aromatic rings. The van der Waals surface area contributed by atoms with Crippen molar-refractivity contribution in [2.24, 2.45) is 11.3 Å². The first-order chi connectivity index (χ1) is 20.2. The number of thiophene rings is 1. The number of likely N-dealkylation sites (tertiary alicyclic amines) is 1. The Hall–Kier alpha value is -2.91. The topological polar surface area (TPSA) is 66.0 Å². The van der Waals surface area contributed by atoms with Gasteiger partial charge in [-0.3, -0.25) is 9.69 Å². The van der Waals surface area contributed by atoms with Gasteiger partial charge in [-0.05, 0) is 39.7 Å². The number of aromatic nitrogens is 1. The van der Waals surface area contributed by atoms with E-state index < -0.39 is 77.7 Å². The van der Waals surface area contributed by atoms with Crippen LogP contribution >= 0.6 is 11.3 Å². The molecule has 2 amide bonds. The minimum Gasteiger partial charge on any atom is -0.444 e. The van der Waals surface area contributed by atoms with E-state index in [1.54, 1.807) is 20.8 Å². The molecule has 1 saturated carbocycles. The highest BCUT2D eigenvalue weighted by molar-refractivity contribution is 7.18. The third kappa shape index (κ3) is 5.44. The van der Waals surface area contributed by atoms with Crippen molar-refractivity contribution in [3.63, 3.8) is 0 Å². The highest BCUT2D eigenvalue weighted by atomic mass is 32.1. The molecule has 16 heteroatoms. The number of piperidine rings is 2. The fourth-order valence-electron chi connectivity index (χ4n) is 7.15. The van der Waals surface area contributed by atoms with Crippen molar-refractivity contribution < 1.29 is 49.4 Å². The Balaban J connectivity index is 1.21. The molecule has 0 aromatic carbocycles. The second kappa shape index (κ2) is 9.79. The summed E-state index contributed by atoms with van der Waals surface area (Å²) in [4.78, 5) is 34.3. The van der Waals surface area contributed by atoms with Crippen LogP contribution in [-0.2, 0) is 22.1 Å². The number of hydrogen-bond acceptors (Lipinski definition) is 6. The predicted octanol–water partition coefficient (Wildman–Crippen LogP) is 6.49. The number of hydrogen-bond donors (Lipinski definition) is 0. The van der Waals surface area contributed by atoms with E-state index in [4.69, 9.17) is 4.74 Å². The van der Waals surface area contributed by atoms with Crippen molar-refractivity contribution in [2.75, 3.05) is 31.1 Å². The molecule has 242 valence electrons. The second-order valence-electron chi connectivity index (χ2n) is 13.4. The zero-order valence-corrected chi connectivity index (χ0v) is 24.8.